The molecule has 0 fully saturated rings. The van der Waals surface area contributed by atoms with Gasteiger partial charge in [0.15, 0.2) is 0 Å². The molecule has 0 aliphatic carbocycles. The molecule has 0 bridgehead atoms. The van der Waals surface area contributed by atoms with Crippen molar-refractivity contribution in [3.8, 4) is 0 Å². The van der Waals surface area contributed by atoms with Gasteiger partial charge in [-0.15, -0.1) is 0 Å². The fourth-order valence-electron chi connectivity index (χ4n) is 0.647. The summed E-state index contributed by atoms with van der Waals surface area (Å²) in [6.45, 7) is -0.430. The van der Waals surface area contributed by atoms with Crippen LogP contribution in [0.3, 0.4) is 0 Å². The number of amides is 1. The summed E-state index contributed by atoms with van der Waals surface area (Å²) < 4.78 is 58.9. The van der Waals surface area contributed by atoms with Gasteiger partial charge in [-0.2, -0.15) is 22.0 Å². The highest BCUT2D eigenvalue weighted by Gasteiger charge is 2.56. The van der Waals surface area contributed by atoms with Crippen molar-refractivity contribution >= 4 is 6.09 Å². The van der Waals surface area contributed by atoms with E-state index in [-0.39, 0.29) is 0 Å². The Morgan fingerprint density at radius 2 is 1.71 bits per heavy atom. The normalized spacial score (nSPS) is 12.6. The van der Waals surface area contributed by atoms with Gasteiger partial charge in [-0.25, -0.2) is 4.79 Å². The minimum Gasteiger partial charge on any atom is -0.465 e. The van der Waals surface area contributed by atoms with Crippen LogP contribution in [0.15, 0.2) is 0 Å². The minimum atomic E-state index is -5.57. The quantitative estimate of drug-likeness (QED) is 0.564. The highest BCUT2D eigenvalue weighted by Crippen LogP contribution is 2.38. The molecule has 0 saturated heterocycles. The highest BCUT2D eigenvalue weighted by atomic mass is 19.4. The molecule has 2 N–H and O–H groups in total. The van der Waals surface area contributed by atoms with Crippen molar-refractivity contribution in [2.24, 2.45) is 0 Å². The van der Waals surface area contributed by atoms with Crippen molar-refractivity contribution in [1.82, 2.24) is 5.32 Å². The van der Waals surface area contributed by atoms with Crippen LogP contribution >= 0.6 is 0 Å². The van der Waals surface area contributed by atoms with E-state index in [1.54, 1.807) is 5.32 Å². The van der Waals surface area contributed by atoms with Crippen LogP contribution < -0.4 is 5.32 Å². The van der Waals surface area contributed by atoms with Gasteiger partial charge in [-0.1, -0.05) is 0 Å². The van der Waals surface area contributed by atoms with Crippen LogP contribution in [0, 0.1) is 0 Å². The van der Waals surface area contributed by atoms with Gasteiger partial charge in [-0.3, -0.25) is 0 Å². The number of halogens is 5. The summed E-state index contributed by atoms with van der Waals surface area (Å²) in [6.07, 6.45) is -9.02. The molecule has 0 saturated carbocycles. The topological polar surface area (TPSA) is 49.3 Å². The summed E-state index contributed by atoms with van der Waals surface area (Å²) in [5, 5.41) is 9.67. The Hall–Kier alpha value is -1.08. The second-order valence-electron chi connectivity index (χ2n) is 2.54. The minimum absolute atomic E-state index is 0.430. The average molecular weight is 221 g/mol. The molecule has 0 aliphatic heterocycles. The molecular formula is C6H8F5NO2. The third-order valence-corrected chi connectivity index (χ3v) is 1.36. The molecule has 0 spiro atoms. The van der Waals surface area contributed by atoms with Crippen LogP contribution in [0.25, 0.3) is 0 Å². The van der Waals surface area contributed by atoms with Crippen LogP contribution in [0.4, 0.5) is 26.7 Å². The van der Waals surface area contributed by atoms with Gasteiger partial charge in [-0.05, 0) is 6.42 Å². The maximum absolute atomic E-state index is 12.2. The van der Waals surface area contributed by atoms with E-state index in [1.807, 2.05) is 0 Å². The number of carbonyl (C=O) groups is 1. The molecule has 0 aromatic heterocycles. The third-order valence-electron chi connectivity index (χ3n) is 1.36. The van der Waals surface area contributed by atoms with Crippen molar-refractivity contribution in [3.63, 3.8) is 0 Å². The summed E-state index contributed by atoms with van der Waals surface area (Å²) in [5.41, 5.74) is 0. The van der Waals surface area contributed by atoms with E-state index in [1.165, 1.54) is 0 Å². The zero-order valence-electron chi connectivity index (χ0n) is 6.87. The zero-order valence-corrected chi connectivity index (χ0v) is 6.87. The number of rotatable bonds is 4. The molecule has 0 rings (SSSR count). The van der Waals surface area contributed by atoms with E-state index in [2.05, 4.69) is 0 Å². The first-order chi connectivity index (χ1) is 6.17. The molecule has 3 nitrogen and oxygen atoms in total. The van der Waals surface area contributed by atoms with Gasteiger partial charge >= 0.3 is 18.2 Å². The Morgan fingerprint density at radius 1 is 1.21 bits per heavy atom. The number of hydrogen-bond donors (Lipinski definition) is 2. The molecular weight excluding hydrogens is 213 g/mol. The maximum atomic E-state index is 12.2. The van der Waals surface area contributed by atoms with Gasteiger partial charge in [0.2, 0.25) is 0 Å². The predicted molar refractivity (Wildman–Crippen MR) is 36.3 cm³/mol. The standard InChI is InChI=1S/C6H8F5NO2/c7-5(8,6(9,10)11)2-1-3-12-4(13)14/h12H,1-3H2,(H,13,14). The van der Waals surface area contributed by atoms with Gasteiger partial charge in [0.25, 0.3) is 0 Å². The fraction of sp³-hybridized carbons (Fsp3) is 0.833. The first-order valence-corrected chi connectivity index (χ1v) is 3.58. The number of carboxylic acid groups (broad SMARTS) is 1. The Labute approximate surface area is 75.9 Å². The molecule has 8 heteroatoms. The van der Waals surface area contributed by atoms with Crippen LogP contribution in [0.1, 0.15) is 12.8 Å². The van der Waals surface area contributed by atoms with Crippen LogP contribution in [-0.4, -0.2) is 29.8 Å². The largest absolute Gasteiger partial charge is 0.465 e. The summed E-state index contributed by atoms with van der Waals surface area (Å²) >= 11 is 0. The van der Waals surface area contributed by atoms with E-state index < -0.39 is 37.6 Å². The lowest BCUT2D eigenvalue weighted by molar-refractivity contribution is -0.284. The summed E-state index contributed by atoms with van der Waals surface area (Å²) in [7, 11) is 0. The van der Waals surface area contributed by atoms with E-state index in [0.29, 0.717) is 0 Å². The average Bonchev–Trinajstić information content (AvgIpc) is 1.95. The Kier molecular flexibility index (Phi) is 4.08. The fourth-order valence-corrected chi connectivity index (χ4v) is 0.647. The lowest BCUT2D eigenvalue weighted by atomic mass is 10.2. The monoisotopic (exact) mass is 221 g/mol. The van der Waals surface area contributed by atoms with Crippen molar-refractivity contribution < 1.29 is 31.9 Å². The van der Waals surface area contributed by atoms with Crippen molar-refractivity contribution in [1.29, 1.82) is 0 Å². The van der Waals surface area contributed by atoms with Gasteiger partial charge in [0.1, 0.15) is 0 Å². The molecule has 0 radical (unpaired) electrons. The van der Waals surface area contributed by atoms with Crippen LogP contribution in [-0.2, 0) is 0 Å². The molecule has 0 atom stereocenters. The predicted octanol–water partition coefficient (Wildman–Crippen LogP) is 2.23. The first kappa shape index (κ1) is 12.9. The van der Waals surface area contributed by atoms with Gasteiger partial charge < -0.3 is 10.4 Å². The number of nitrogens with one attached hydrogen (secondary N) is 1. The van der Waals surface area contributed by atoms with Crippen molar-refractivity contribution in [2.75, 3.05) is 6.54 Å². The summed E-state index contributed by atoms with van der Waals surface area (Å²) in [5.74, 6) is -4.76. The van der Waals surface area contributed by atoms with E-state index in [4.69, 9.17) is 5.11 Å². The molecule has 0 aromatic carbocycles. The summed E-state index contributed by atoms with van der Waals surface area (Å²) in [6, 6.07) is 0. The lowest BCUT2D eigenvalue weighted by Gasteiger charge is -2.18. The third kappa shape index (κ3) is 4.24. The Balaban J connectivity index is 3.83. The SMILES string of the molecule is O=C(O)NCCCC(F)(F)C(F)(F)F. The smallest absolute Gasteiger partial charge is 0.453 e. The molecule has 0 aromatic rings. The number of alkyl halides is 5. The molecule has 0 heterocycles. The molecule has 0 unspecified atom stereocenters. The molecule has 84 valence electrons. The summed E-state index contributed by atoms with van der Waals surface area (Å²) in [4.78, 5) is 9.80. The van der Waals surface area contributed by atoms with E-state index >= 15 is 0 Å². The van der Waals surface area contributed by atoms with Crippen molar-refractivity contribution in [3.05, 3.63) is 0 Å². The van der Waals surface area contributed by atoms with Crippen LogP contribution in [0.2, 0.25) is 0 Å². The maximum Gasteiger partial charge on any atom is 0.453 e. The Morgan fingerprint density at radius 3 is 2.07 bits per heavy atom. The molecule has 1 amide bonds. The van der Waals surface area contributed by atoms with E-state index in [0.717, 1.165) is 0 Å². The van der Waals surface area contributed by atoms with Crippen LogP contribution in [0.5, 0.6) is 0 Å². The first-order valence-electron chi connectivity index (χ1n) is 3.58. The van der Waals surface area contributed by atoms with Crippen molar-refractivity contribution in [2.45, 2.75) is 24.9 Å². The highest BCUT2D eigenvalue weighted by molar-refractivity contribution is 5.64. The van der Waals surface area contributed by atoms with Gasteiger partial charge in [0.05, 0.1) is 0 Å². The lowest BCUT2D eigenvalue weighted by Crippen LogP contribution is -2.37. The van der Waals surface area contributed by atoms with E-state index in [9.17, 15) is 26.7 Å². The van der Waals surface area contributed by atoms with Gasteiger partial charge in [0, 0.05) is 13.0 Å². The zero-order chi connectivity index (χ0) is 11.4. The second-order valence-corrected chi connectivity index (χ2v) is 2.54. The molecule has 14 heavy (non-hydrogen) atoms. The molecule has 0 aliphatic rings. The Bertz CT molecular complexity index is 203. The number of hydrogen-bond acceptors (Lipinski definition) is 1. The second kappa shape index (κ2) is 4.43.